The van der Waals surface area contributed by atoms with Crippen molar-refractivity contribution < 1.29 is 14.5 Å². The number of halogens is 1. The van der Waals surface area contributed by atoms with E-state index >= 15 is 0 Å². The minimum Gasteiger partial charge on any atom is -0.338 e. The Labute approximate surface area is 158 Å². The van der Waals surface area contributed by atoms with Crippen molar-refractivity contribution in [3.63, 3.8) is 0 Å². The van der Waals surface area contributed by atoms with Crippen molar-refractivity contribution in [1.29, 1.82) is 0 Å². The number of benzene rings is 1. The molecule has 2 saturated heterocycles. The molecule has 136 valence electrons. The molecule has 2 aliphatic rings. The van der Waals surface area contributed by atoms with Gasteiger partial charge in [0.1, 0.15) is 0 Å². The number of nitrogens with zero attached hydrogens (tertiary/aromatic N) is 2. The van der Waals surface area contributed by atoms with Crippen LogP contribution in [0.15, 0.2) is 23.1 Å². The van der Waals surface area contributed by atoms with Crippen LogP contribution in [0.25, 0.3) is 0 Å². The van der Waals surface area contributed by atoms with Crippen LogP contribution in [0, 0.1) is 0 Å². The summed E-state index contributed by atoms with van der Waals surface area (Å²) in [5.74, 6) is 0.244. The summed E-state index contributed by atoms with van der Waals surface area (Å²) in [5.41, 5.74) is 0.574. The molecule has 0 radical (unpaired) electrons. The van der Waals surface area contributed by atoms with Crippen LogP contribution in [-0.2, 0) is 4.79 Å². The maximum Gasteiger partial charge on any atom is 0.277 e. The van der Waals surface area contributed by atoms with Gasteiger partial charge in [0, 0.05) is 18.0 Å². The van der Waals surface area contributed by atoms with Crippen LogP contribution < -0.4 is 4.90 Å². The first kappa shape index (κ1) is 18.5. The maximum atomic E-state index is 12.8. The molecule has 0 spiro atoms. The lowest BCUT2D eigenvalue weighted by molar-refractivity contribution is -0.896. The van der Waals surface area contributed by atoms with Gasteiger partial charge in [0.2, 0.25) is 0 Å². The van der Waals surface area contributed by atoms with Gasteiger partial charge in [-0.05, 0) is 37.3 Å². The van der Waals surface area contributed by atoms with Crippen molar-refractivity contribution >= 4 is 35.2 Å². The number of nitrogens with one attached hydrogen (secondary N) is 1. The molecule has 5 nitrogen and oxygen atoms in total. The highest BCUT2D eigenvalue weighted by Gasteiger charge is 2.29. The van der Waals surface area contributed by atoms with Gasteiger partial charge >= 0.3 is 0 Å². The van der Waals surface area contributed by atoms with E-state index in [4.69, 9.17) is 11.6 Å². The van der Waals surface area contributed by atoms with Crippen molar-refractivity contribution in [2.75, 3.05) is 52.1 Å². The fourth-order valence-electron chi connectivity index (χ4n) is 3.46. The third-order valence-corrected chi connectivity index (χ3v) is 6.08. The first-order valence-electron chi connectivity index (χ1n) is 8.82. The van der Waals surface area contributed by atoms with Gasteiger partial charge in [0.05, 0.1) is 36.8 Å². The number of hydrogen-bond acceptors (Lipinski definition) is 3. The van der Waals surface area contributed by atoms with Gasteiger partial charge in [-0.3, -0.25) is 9.59 Å². The van der Waals surface area contributed by atoms with Gasteiger partial charge in [0.25, 0.3) is 11.8 Å². The zero-order valence-electron chi connectivity index (χ0n) is 14.6. The number of carbonyl (C=O) groups is 2. The minimum absolute atomic E-state index is 0.00850. The molecule has 2 aliphatic heterocycles. The van der Waals surface area contributed by atoms with Gasteiger partial charge in [-0.15, -0.1) is 11.8 Å². The van der Waals surface area contributed by atoms with Crippen molar-refractivity contribution in [2.24, 2.45) is 0 Å². The van der Waals surface area contributed by atoms with E-state index in [9.17, 15) is 9.59 Å². The van der Waals surface area contributed by atoms with E-state index in [0.29, 0.717) is 30.2 Å². The second-order valence-electron chi connectivity index (χ2n) is 6.65. The molecule has 0 unspecified atom stereocenters. The molecule has 3 rings (SSSR count). The highest BCUT2D eigenvalue weighted by molar-refractivity contribution is 7.98. The largest absolute Gasteiger partial charge is 0.338 e. The van der Waals surface area contributed by atoms with Crippen LogP contribution >= 0.6 is 23.4 Å². The summed E-state index contributed by atoms with van der Waals surface area (Å²) in [4.78, 5) is 31.2. The van der Waals surface area contributed by atoms with Crippen molar-refractivity contribution in [3.8, 4) is 0 Å². The Morgan fingerprint density at radius 3 is 2.44 bits per heavy atom. The molecule has 1 aromatic carbocycles. The molecule has 2 fully saturated rings. The predicted octanol–water partition coefficient (Wildman–Crippen LogP) is 1.02. The van der Waals surface area contributed by atoms with Crippen molar-refractivity contribution in [1.82, 2.24) is 9.80 Å². The highest BCUT2D eigenvalue weighted by atomic mass is 35.5. The van der Waals surface area contributed by atoms with Gasteiger partial charge < -0.3 is 14.7 Å². The molecule has 25 heavy (non-hydrogen) atoms. The lowest BCUT2D eigenvalue weighted by Gasteiger charge is -2.32. The van der Waals surface area contributed by atoms with Crippen LogP contribution in [0.1, 0.15) is 23.2 Å². The van der Waals surface area contributed by atoms with E-state index in [0.717, 1.165) is 43.9 Å². The molecule has 2 heterocycles. The van der Waals surface area contributed by atoms with E-state index in [-0.39, 0.29) is 11.8 Å². The van der Waals surface area contributed by atoms with Crippen LogP contribution in [0.4, 0.5) is 0 Å². The van der Waals surface area contributed by atoms with Crippen LogP contribution in [0.5, 0.6) is 0 Å². The summed E-state index contributed by atoms with van der Waals surface area (Å²) in [6.07, 6.45) is 4.23. The molecule has 0 atom stereocenters. The number of amides is 2. The average Bonchev–Trinajstić information content (AvgIpc) is 3.17. The zero-order chi connectivity index (χ0) is 17.8. The van der Waals surface area contributed by atoms with Gasteiger partial charge in [-0.2, -0.15) is 0 Å². The molecule has 0 bridgehead atoms. The van der Waals surface area contributed by atoms with Gasteiger partial charge in [-0.1, -0.05) is 11.6 Å². The third-order valence-electron chi connectivity index (χ3n) is 5.02. The zero-order valence-corrected chi connectivity index (χ0v) is 16.2. The smallest absolute Gasteiger partial charge is 0.277 e. The fourth-order valence-corrected chi connectivity index (χ4v) is 4.10. The Hall–Kier alpha value is -1.24. The summed E-state index contributed by atoms with van der Waals surface area (Å²) in [6.45, 7) is 5.31. The van der Waals surface area contributed by atoms with Crippen molar-refractivity contribution in [2.45, 2.75) is 17.7 Å². The number of carbonyl (C=O) groups excluding carboxylic acids is 2. The van der Waals surface area contributed by atoms with Crippen LogP contribution in [0.2, 0.25) is 5.02 Å². The highest BCUT2D eigenvalue weighted by Crippen LogP contribution is 2.24. The molecule has 2 amide bonds. The second kappa shape index (κ2) is 8.43. The molecule has 7 heteroatoms. The molecular formula is C18H25ClN3O2S+. The Morgan fingerprint density at radius 1 is 1.12 bits per heavy atom. The Kier molecular flexibility index (Phi) is 6.25. The number of likely N-dealkylation sites (tertiary alicyclic amines) is 1. The standard InChI is InChI=1S/C18H24ClN3O2S/c1-25-14-4-5-16(19)15(12-14)18(24)22-10-8-20(9-11-22)13-17(23)21-6-2-3-7-21/h4-5,12H,2-3,6-11,13H2,1H3/p+1. The molecule has 0 saturated carbocycles. The quantitative estimate of drug-likeness (QED) is 0.791. The first-order chi connectivity index (χ1) is 12.1. The van der Waals surface area contributed by atoms with Gasteiger partial charge in [-0.25, -0.2) is 0 Å². The van der Waals surface area contributed by atoms with Crippen molar-refractivity contribution in [3.05, 3.63) is 28.8 Å². The second-order valence-corrected chi connectivity index (χ2v) is 7.94. The van der Waals surface area contributed by atoms with E-state index in [1.54, 1.807) is 17.8 Å². The number of piperazine rings is 1. The van der Waals surface area contributed by atoms with Gasteiger partial charge in [0.15, 0.2) is 6.54 Å². The van der Waals surface area contributed by atoms with Crippen LogP contribution in [0.3, 0.4) is 0 Å². The van der Waals surface area contributed by atoms with E-state index in [1.165, 1.54) is 4.90 Å². The third kappa shape index (κ3) is 4.49. The average molecular weight is 383 g/mol. The number of quaternary nitrogens is 1. The SMILES string of the molecule is CSc1ccc(Cl)c(C(=O)N2CC[NH+](CC(=O)N3CCCC3)CC2)c1. The Morgan fingerprint density at radius 2 is 1.80 bits per heavy atom. The molecular weight excluding hydrogens is 358 g/mol. The lowest BCUT2D eigenvalue weighted by atomic mass is 10.1. The summed E-state index contributed by atoms with van der Waals surface area (Å²) >= 11 is 7.82. The summed E-state index contributed by atoms with van der Waals surface area (Å²) in [7, 11) is 0. The first-order valence-corrected chi connectivity index (χ1v) is 10.4. The molecule has 1 aromatic rings. The summed E-state index contributed by atoms with van der Waals surface area (Å²) in [6, 6.07) is 5.58. The number of hydrogen-bond donors (Lipinski definition) is 1. The maximum absolute atomic E-state index is 12.8. The molecule has 1 N–H and O–H groups in total. The fraction of sp³-hybridized carbons (Fsp3) is 0.556. The molecule has 0 aliphatic carbocycles. The molecule has 0 aromatic heterocycles. The Balaban J connectivity index is 1.55. The summed E-state index contributed by atoms with van der Waals surface area (Å²) < 4.78 is 0. The number of rotatable bonds is 4. The predicted molar refractivity (Wildman–Crippen MR) is 101 cm³/mol. The summed E-state index contributed by atoms with van der Waals surface area (Å²) in [5, 5.41) is 0.502. The topological polar surface area (TPSA) is 45.1 Å². The van der Waals surface area contributed by atoms with E-state index < -0.39 is 0 Å². The number of thioether (sulfide) groups is 1. The lowest BCUT2D eigenvalue weighted by Crippen LogP contribution is -3.15. The van der Waals surface area contributed by atoms with E-state index in [2.05, 4.69) is 0 Å². The minimum atomic E-state index is -0.00850. The Bertz CT molecular complexity index is 641. The van der Waals surface area contributed by atoms with E-state index in [1.807, 2.05) is 28.2 Å². The monoisotopic (exact) mass is 382 g/mol. The normalized spacial score (nSPS) is 18.6. The van der Waals surface area contributed by atoms with Crippen LogP contribution in [-0.4, -0.2) is 73.7 Å².